The molecule has 0 radical (unpaired) electrons. The molecule has 2 N–H and O–H groups in total. The van der Waals surface area contributed by atoms with Crippen LogP contribution in [-0.4, -0.2) is 27.5 Å². The Balaban J connectivity index is 2.17. The summed E-state index contributed by atoms with van der Waals surface area (Å²) in [7, 11) is -3.37. The lowest BCUT2D eigenvalue weighted by molar-refractivity contribution is 0.206. The largest absolute Gasteiger partial charge is 0.316 e. The highest BCUT2D eigenvalue weighted by Gasteiger charge is 2.35. The van der Waals surface area contributed by atoms with Crippen LogP contribution in [-0.2, 0) is 10.0 Å². The zero-order chi connectivity index (χ0) is 13.4. The van der Waals surface area contributed by atoms with Gasteiger partial charge in [0.05, 0.1) is 0 Å². The maximum absolute atomic E-state index is 12.3. The maximum atomic E-state index is 12.3. The third-order valence-corrected chi connectivity index (χ3v) is 6.43. The molecular weight excluding hydrogens is 268 g/mol. The SMILES string of the molecule is Cc1csc(S(=O)(=O)NC2CCNCC2(C)C)c1. The normalized spacial score (nSPS) is 24.1. The Kier molecular flexibility index (Phi) is 3.82. The van der Waals surface area contributed by atoms with Gasteiger partial charge in [0, 0.05) is 12.6 Å². The first-order valence-corrected chi connectivity index (χ1v) is 8.46. The summed E-state index contributed by atoms with van der Waals surface area (Å²) in [5, 5.41) is 5.17. The highest BCUT2D eigenvalue weighted by molar-refractivity contribution is 7.91. The van der Waals surface area contributed by atoms with E-state index in [0.29, 0.717) is 4.21 Å². The fraction of sp³-hybridized carbons (Fsp3) is 0.667. The van der Waals surface area contributed by atoms with Gasteiger partial charge in [-0.25, -0.2) is 13.1 Å². The average molecular weight is 288 g/mol. The lowest BCUT2D eigenvalue weighted by Crippen LogP contribution is -2.54. The second-order valence-corrected chi connectivity index (χ2v) is 8.42. The molecule has 1 fully saturated rings. The van der Waals surface area contributed by atoms with Crippen molar-refractivity contribution in [2.45, 2.75) is 37.4 Å². The molecule has 1 aliphatic rings. The molecule has 0 bridgehead atoms. The summed E-state index contributed by atoms with van der Waals surface area (Å²) >= 11 is 1.28. The smallest absolute Gasteiger partial charge is 0.250 e. The highest BCUT2D eigenvalue weighted by Crippen LogP contribution is 2.28. The van der Waals surface area contributed by atoms with E-state index < -0.39 is 10.0 Å². The summed E-state index contributed by atoms with van der Waals surface area (Å²) in [4.78, 5) is 0. The summed E-state index contributed by atoms with van der Waals surface area (Å²) < 4.78 is 27.8. The van der Waals surface area contributed by atoms with Gasteiger partial charge >= 0.3 is 0 Å². The van der Waals surface area contributed by atoms with Gasteiger partial charge in [-0.05, 0) is 42.3 Å². The first-order chi connectivity index (χ1) is 8.31. The number of sulfonamides is 1. The van der Waals surface area contributed by atoms with Gasteiger partial charge in [0.15, 0.2) is 0 Å². The molecule has 0 aromatic carbocycles. The molecule has 4 nitrogen and oxygen atoms in total. The van der Waals surface area contributed by atoms with Gasteiger partial charge in [0.1, 0.15) is 4.21 Å². The number of hydrogen-bond acceptors (Lipinski definition) is 4. The lowest BCUT2D eigenvalue weighted by Gasteiger charge is -2.39. The van der Waals surface area contributed by atoms with Crippen LogP contribution in [0.4, 0.5) is 0 Å². The van der Waals surface area contributed by atoms with Crippen molar-refractivity contribution in [2.75, 3.05) is 13.1 Å². The number of piperidine rings is 1. The van der Waals surface area contributed by atoms with E-state index in [1.807, 2.05) is 12.3 Å². The molecule has 18 heavy (non-hydrogen) atoms. The average Bonchev–Trinajstić information content (AvgIpc) is 2.69. The Morgan fingerprint density at radius 2 is 2.22 bits per heavy atom. The number of rotatable bonds is 3. The fourth-order valence-electron chi connectivity index (χ4n) is 2.18. The third kappa shape index (κ3) is 2.93. The molecule has 1 aliphatic heterocycles. The second kappa shape index (κ2) is 4.92. The van der Waals surface area contributed by atoms with Crippen LogP contribution >= 0.6 is 11.3 Å². The minimum Gasteiger partial charge on any atom is -0.316 e. The standard InChI is InChI=1S/C12H20N2O2S2/c1-9-6-11(17-7-9)18(15,16)14-10-4-5-13-8-12(10,2)3/h6-7,10,13-14H,4-5,8H2,1-3H3. The predicted molar refractivity (Wildman–Crippen MR) is 74.4 cm³/mol. The molecule has 2 rings (SSSR count). The summed E-state index contributed by atoms with van der Waals surface area (Å²) in [5.41, 5.74) is 0.933. The van der Waals surface area contributed by atoms with Gasteiger partial charge in [-0.1, -0.05) is 13.8 Å². The van der Waals surface area contributed by atoms with E-state index in [0.717, 1.165) is 25.1 Å². The molecule has 2 heterocycles. The Hall–Kier alpha value is -0.430. The number of thiophene rings is 1. The Labute approximate surface area is 113 Å². The lowest BCUT2D eigenvalue weighted by atomic mass is 9.81. The summed E-state index contributed by atoms with van der Waals surface area (Å²) in [6.45, 7) is 7.78. The van der Waals surface area contributed by atoms with Gasteiger partial charge in [0.2, 0.25) is 10.0 Å². The minimum atomic E-state index is -3.37. The first kappa shape index (κ1) is 14.0. The molecule has 0 aliphatic carbocycles. The van der Waals surface area contributed by atoms with Gasteiger partial charge in [-0.15, -0.1) is 11.3 Å². The summed E-state index contributed by atoms with van der Waals surface area (Å²) in [6, 6.07) is 1.72. The van der Waals surface area contributed by atoms with Crippen LogP contribution < -0.4 is 10.0 Å². The van der Waals surface area contributed by atoms with Crippen molar-refractivity contribution < 1.29 is 8.42 Å². The van der Waals surface area contributed by atoms with E-state index in [1.165, 1.54) is 11.3 Å². The van der Waals surface area contributed by atoms with E-state index in [1.54, 1.807) is 6.07 Å². The van der Waals surface area contributed by atoms with Crippen LogP contribution in [0.1, 0.15) is 25.8 Å². The monoisotopic (exact) mass is 288 g/mol. The molecule has 0 saturated carbocycles. The van der Waals surface area contributed by atoms with Crippen molar-refractivity contribution in [3.05, 3.63) is 17.0 Å². The molecule has 1 aromatic rings. The van der Waals surface area contributed by atoms with Crippen LogP contribution in [0.3, 0.4) is 0 Å². The van der Waals surface area contributed by atoms with Gasteiger partial charge < -0.3 is 5.32 Å². The Morgan fingerprint density at radius 1 is 1.50 bits per heavy atom. The number of nitrogens with one attached hydrogen (secondary N) is 2. The van der Waals surface area contributed by atoms with Crippen molar-refractivity contribution in [2.24, 2.45) is 5.41 Å². The predicted octanol–water partition coefficient (Wildman–Crippen LogP) is 1.72. The topological polar surface area (TPSA) is 58.2 Å². The number of aryl methyl sites for hydroxylation is 1. The summed E-state index contributed by atoms with van der Waals surface area (Å²) in [6.07, 6.45) is 0.830. The maximum Gasteiger partial charge on any atom is 0.250 e. The molecule has 1 saturated heterocycles. The van der Waals surface area contributed by atoms with Crippen LogP contribution in [0.25, 0.3) is 0 Å². The van der Waals surface area contributed by atoms with Crippen LogP contribution in [0.15, 0.2) is 15.7 Å². The van der Waals surface area contributed by atoms with Crippen molar-refractivity contribution in [1.82, 2.24) is 10.0 Å². The molecule has 0 spiro atoms. The fourth-order valence-corrected chi connectivity index (χ4v) is 4.87. The first-order valence-electron chi connectivity index (χ1n) is 6.09. The molecule has 1 atom stereocenters. The Morgan fingerprint density at radius 3 is 2.78 bits per heavy atom. The zero-order valence-corrected chi connectivity index (χ0v) is 12.6. The highest BCUT2D eigenvalue weighted by atomic mass is 32.2. The van der Waals surface area contributed by atoms with Gasteiger partial charge in [-0.2, -0.15) is 0 Å². The van der Waals surface area contributed by atoms with E-state index in [4.69, 9.17) is 0 Å². The molecule has 0 amide bonds. The van der Waals surface area contributed by atoms with Crippen LogP contribution in [0.5, 0.6) is 0 Å². The van der Waals surface area contributed by atoms with E-state index in [-0.39, 0.29) is 11.5 Å². The molecular formula is C12H20N2O2S2. The van der Waals surface area contributed by atoms with Crippen molar-refractivity contribution in [1.29, 1.82) is 0 Å². The van der Waals surface area contributed by atoms with Gasteiger partial charge in [0.25, 0.3) is 0 Å². The number of hydrogen-bond donors (Lipinski definition) is 2. The van der Waals surface area contributed by atoms with E-state index >= 15 is 0 Å². The van der Waals surface area contributed by atoms with Crippen LogP contribution in [0.2, 0.25) is 0 Å². The van der Waals surface area contributed by atoms with Crippen LogP contribution in [0, 0.1) is 12.3 Å². The quantitative estimate of drug-likeness (QED) is 0.890. The molecule has 1 aromatic heterocycles. The van der Waals surface area contributed by atoms with Crippen molar-refractivity contribution >= 4 is 21.4 Å². The van der Waals surface area contributed by atoms with E-state index in [2.05, 4.69) is 23.9 Å². The molecule has 6 heteroatoms. The third-order valence-electron chi connectivity index (χ3n) is 3.40. The molecule has 1 unspecified atom stereocenters. The van der Waals surface area contributed by atoms with Crippen molar-refractivity contribution in [3.8, 4) is 0 Å². The second-order valence-electron chi connectivity index (χ2n) is 5.57. The van der Waals surface area contributed by atoms with Gasteiger partial charge in [-0.3, -0.25) is 0 Å². The van der Waals surface area contributed by atoms with Crippen molar-refractivity contribution in [3.63, 3.8) is 0 Å². The Bertz CT molecular complexity index is 520. The summed E-state index contributed by atoms with van der Waals surface area (Å²) in [5.74, 6) is 0. The van der Waals surface area contributed by atoms with E-state index in [9.17, 15) is 8.42 Å². The zero-order valence-electron chi connectivity index (χ0n) is 11.0. The minimum absolute atomic E-state index is 0.00819. The molecule has 102 valence electrons.